The average molecular weight is 288 g/mol. The third kappa shape index (κ3) is 2.51. The van der Waals surface area contributed by atoms with Crippen LogP contribution in [0, 0.1) is 11.8 Å². The third-order valence-corrected chi connectivity index (χ3v) is 3.78. The van der Waals surface area contributed by atoms with E-state index in [4.69, 9.17) is 0 Å². The number of pyridine rings is 1. The molecule has 1 amide bonds. The summed E-state index contributed by atoms with van der Waals surface area (Å²) >= 11 is 0. The van der Waals surface area contributed by atoms with Crippen LogP contribution in [-0.4, -0.2) is 22.3 Å². The normalized spacial score (nSPS) is 18.0. The number of aromatic nitrogens is 1. The number of likely N-dealkylation sites (tertiary alicyclic amines) is 1. The molecule has 1 atom stereocenters. The molecule has 1 aliphatic rings. The second kappa shape index (κ2) is 5.60. The van der Waals surface area contributed by atoms with Crippen molar-refractivity contribution in [3.8, 4) is 0 Å². The molecule has 3 rings (SSSR count). The van der Waals surface area contributed by atoms with E-state index in [1.165, 1.54) is 6.07 Å². The molecule has 1 aromatic carbocycles. The molecule has 3 nitrogen and oxygen atoms in total. The molecular formula is C16H14F2N2O. The van der Waals surface area contributed by atoms with Crippen LogP contribution in [0.25, 0.3) is 0 Å². The van der Waals surface area contributed by atoms with Gasteiger partial charge in [-0.25, -0.2) is 9.37 Å². The number of amides is 1. The Morgan fingerprint density at radius 1 is 1.19 bits per heavy atom. The molecule has 1 saturated heterocycles. The SMILES string of the molecule is O=C(c1ccnc(F)c1F)N1CCCC1c1ccccc1. The van der Waals surface area contributed by atoms with Crippen LogP contribution < -0.4 is 0 Å². The van der Waals surface area contributed by atoms with Crippen molar-refractivity contribution in [3.63, 3.8) is 0 Å². The Morgan fingerprint density at radius 3 is 2.71 bits per heavy atom. The molecule has 0 aliphatic carbocycles. The monoisotopic (exact) mass is 288 g/mol. The molecule has 2 aromatic rings. The van der Waals surface area contributed by atoms with Gasteiger partial charge in [-0.1, -0.05) is 30.3 Å². The summed E-state index contributed by atoms with van der Waals surface area (Å²) in [4.78, 5) is 17.3. The summed E-state index contributed by atoms with van der Waals surface area (Å²) in [7, 11) is 0. The van der Waals surface area contributed by atoms with Gasteiger partial charge in [-0.05, 0) is 24.5 Å². The minimum atomic E-state index is -1.24. The number of hydrogen-bond donors (Lipinski definition) is 0. The average Bonchev–Trinajstić information content (AvgIpc) is 3.00. The second-order valence-electron chi connectivity index (χ2n) is 5.03. The van der Waals surface area contributed by atoms with Gasteiger partial charge in [-0.3, -0.25) is 4.79 Å². The molecule has 0 N–H and O–H groups in total. The first kappa shape index (κ1) is 13.7. The first-order chi connectivity index (χ1) is 10.2. The number of carbonyl (C=O) groups excluding carboxylic acids is 1. The van der Waals surface area contributed by atoms with Crippen molar-refractivity contribution < 1.29 is 13.6 Å². The lowest BCUT2D eigenvalue weighted by Crippen LogP contribution is -2.31. The van der Waals surface area contributed by atoms with Crippen molar-refractivity contribution in [1.82, 2.24) is 9.88 Å². The van der Waals surface area contributed by atoms with Gasteiger partial charge in [0.15, 0.2) is 5.82 Å². The topological polar surface area (TPSA) is 33.2 Å². The zero-order valence-electron chi connectivity index (χ0n) is 11.3. The van der Waals surface area contributed by atoms with E-state index in [-0.39, 0.29) is 11.6 Å². The summed E-state index contributed by atoms with van der Waals surface area (Å²) in [6, 6.07) is 10.7. The Morgan fingerprint density at radius 2 is 1.95 bits per heavy atom. The fraction of sp³-hybridized carbons (Fsp3) is 0.250. The van der Waals surface area contributed by atoms with E-state index in [9.17, 15) is 13.6 Å². The van der Waals surface area contributed by atoms with Gasteiger partial charge in [0, 0.05) is 12.7 Å². The molecule has 1 aliphatic heterocycles. The second-order valence-corrected chi connectivity index (χ2v) is 5.03. The van der Waals surface area contributed by atoms with E-state index >= 15 is 0 Å². The molecule has 21 heavy (non-hydrogen) atoms. The predicted molar refractivity (Wildman–Crippen MR) is 73.6 cm³/mol. The van der Waals surface area contributed by atoms with Gasteiger partial charge in [0.2, 0.25) is 5.95 Å². The van der Waals surface area contributed by atoms with Gasteiger partial charge in [-0.2, -0.15) is 4.39 Å². The van der Waals surface area contributed by atoms with Crippen molar-refractivity contribution in [2.45, 2.75) is 18.9 Å². The molecule has 0 spiro atoms. The van der Waals surface area contributed by atoms with E-state index in [1.54, 1.807) is 4.90 Å². The number of hydrogen-bond acceptors (Lipinski definition) is 2. The lowest BCUT2D eigenvalue weighted by atomic mass is 10.0. The largest absolute Gasteiger partial charge is 0.332 e. The van der Waals surface area contributed by atoms with Crippen molar-refractivity contribution >= 4 is 5.91 Å². The maximum absolute atomic E-state index is 13.8. The van der Waals surface area contributed by atoms with Crippen LogP contribution >= 0.6 is 0 Å². The highest BCUT2D eigenvalue weighted by molar-refractivity contribution is 5.94. The standard InChI is InChI=1S/C16H14F2N2O/c17-14-12(8-9-19-15(14)18)16(21)20-10-4-7-13(20)11-5-2-1-3-6-11/h1-3,5-6,8-9,13H,4,7,10H2. The summed E-state index contributed by atoms with van der Waals surface area (Å²) in [5.41, 5.74) is 0.753. The summed E-state index contributed by atoms with van der Waals surface area (Å²) in [5, 5.41) is 0. The van der Waals surface area contributed by atoms with Crippen LogP contribution in [0.2, 0.25) is 0 Å². The Kier molecular flexibility index (Phi) is 3.64. The lowest BCUT2D eigenvalue weighted by molar-refractivity contribution is 0.0729. The quantitative estimate of drug-likeness (QED) is 0.794. The van der Waals surface area contributed by atoms with Gasteiger partial charge >= 0.3 is 0 Å². The van der Waals surface area contributed by atoms with Crippen molar-refractivity contribution in [2.24, 2.45) is 0 Å². The smallest absolute Gasteiger partial charge is 0.257 e. The molecule has 0 saturated carbocycles. The van der Waals surface area contributed by atoms with Crippen LogP contribution in [0.3, 0.4) is 0 Å². The van der Waals surface area contributed by atoms with Crippen molar-refractivity contribution in [2.75, 3.05) is 6.54 Å². The van der Waals surface area contributed by atoms with Gasteiger partial charge in [-0.15, -0.1) is 0 Å². The highest BCUT2D eigenvalue weighted by atomic mass is 19.2. The first-order valence-electron chi connectivity index (χ1n) is 6.84. The highest BCUT2D eigenvalue weighted by Crippen LogP contribution is 2.33. The zero-order valence-corrected chi connectivity index (χ0v) is 11.3. The Labute approximate surface area is 121 Å². The molecule has 108 valence electrons. The van der Waals surface area contributed by atoms with E-state index in [1.807, 2.05) is 30.3 Å². The van der Waals surface area contributed by atoms with Crippen LogP contribution in [-0.2, 0) is 0 Å². The van der Waals surface area contributed by atoms with Crippen molar-refractivity contribution in [1.29, 1.82) is 0 Å². The number of halogens is 2. The fourth-order valence-electron chi connectivity index (χ4n) is 2.77. The van der Waals surface area contributed by atoms with Gasteiger partial charge in [0.05, 0.1) is 11.6 Å². The molecule has 0 radical (unpaired) electrons. The summed E-state index contributed by atoms with van der Waals surface area (Å²) in [5.74, 6) is -2.90. The number of rotatable bonds is 2. The summed E-state index contributed by atoms with van der Waals surface area (Å²) < 4.78 is 26.9. The molecule has 1 aromatic heterocycles. The number of carbonyl (C=O) groups is 1. The number of benzene rings is 1. The van der Waals surface area contributed by atoms with Gasteiger partial charge in [0.25, 0.3) is 5.91 Å². The van der Waals surface area contributed by atoms with Crippen LogP contribution in [0.15, 0.2) is 42.6 Å². The number of nitrogens with zero attached hydrogens (tertiary/aromatic N) is 2. The predicted octanol–water partition coefficient (Wildman–Crippen LogP) is 3.34. The first-order valence-corrected chi connectivity index (χ1v) is 6.84. The summed E-state index contributed by atoms with van der Waals surface area (Å²) in [6.45, 7) is 0.543. The van der Waals surface area contributed by atoms with Gasteiger partial charge < -0.3 is 4.90 Å². The maximum atomic E-state index is 13.8. The summed E-state index contributed by atoms with van der Waals surface area (Å²) in [6.07, 6.45) is 2.78. The minimum Gasteiger partial charge on any atom is -0.332 e. The zero-order chi connectivity index (χ0) is 14.8. The molecule has 2 heterocycles. The molecule has 1 unspecified atom stereocenters. The van der Waals surface area contributed by atoms with Crippen LogP contribution in [0.5, 0.6) is 0 Å². The third-order valence-electron chi connectivity index (χ3n) is 3.78. The fourth-order valence-corrected chi connectivity index (χ4v) is 2.77. The Balaban J connectivity index is 1.92. The lowest BCUT2D eigenvalue weighted by Gasteiger charge is -2.25. The molecule has 1 fully saturated rings. The van der Waals surface area contributed by atoms with Crippen molar-refractivity contribution in [3.05, 3.63) is 65.5 Å². The van der Waals surface area contributed by atoms with E-state index < -0.39 is 17.7 Å². The van der Waals surface area contributed by atoms with E-state index in [0.717, 1.165) is 24.6 Å². The molecule has 5 heteroatoms. The highest BCUT2D eigenvalue weighted by Gasteiger charge is 2.32. The molecular weight excluding hydrogens is 274 g/mol. The molecule has 0 bridgehead atoms. The van der Waals surface area contributed by atoms with E-state index in [0.29, 0.717) is 6.54 Å². The van der Waals surface area contributed by atoms with Gasteiger partial charge in [0.1, 0.15) is 0 Å². The Hall–Kier alpha value is -2.30. The maximum Gasteiger partial charge on any atom is 0.257 e. The Bertz CT molecular complexity index is 661. The van der Waals surface area contributed by atoms with Crippen LogP contribution in [0.4, 0.5) is 8.78 Å². The minimum absolute atomic E-state index is 0.0886. The van der Waals surface area contributed by atoms with E-state index in [2.05, 4.69) is 4.98 Å². The van der Waals surface area contributed by atoms with Crippen LogP contribution in [0.1, 0.15) is 34.8 Å².